The lowest BCUT2D eigenvalue weighted by Crippen LogP contribution is -2.45. The minimum absolute atomic E-state index is 0.0564. The van der Waals surface area contributed by atoms with Gasteiger partial charge in [-0.05, 0) is 60.9 Å². The monoisotopic (exact) mass is 458 g/mol. The van der Waals surface area contributed by atoms with Crippen LogP contribution in [0, 0.1) is 6.92 Å². The molecular formula is C27H26N2O5. The van der Waals surface area contributed by atoms with Crippen LogP contribution in [0.3, 0.4) is 0 Å². The van der Waals surface area contributed by atoms with Crippen LogP contribution >= 0.6 is 0 Å². The highest BCUT2D eigenvalue weighted by Crippen LogP contribution is 2.33. The summed E-state index contributed by atoms with van der Waals surface area (Å²) in [5.41, 5.74) is 2.49. The highest BCUT2D eigenvalue weighted by Gasteiger charge is 2.40. The van der Waals surface area contributed by atoms with Crippen LogP contribution in [0.5, 0.6) is 11.5 Å². The Bertz CT molecular complexity index is 1180. The molecule has 1 fully saturated rings. The number of benzene rings is 3. The Hall–Kier alpha value is -4.13. The van der Waals surface area contributed by atoms with Gasteiger partial charge in [0.15, 0.2) is 0 Å². The van der Waals surface area contributed by atoms with Crippen molar-refractivity contribution >= 4 is 17.8 Å². The van der Waals surface area contributed by atoms with Gasteiger partial charge in [0.2, 0.25) is 5.91 Å². The Labute approximate surface area is 198 Å². The van der Waals surface area contributed by atoms with Gasteiger partial charge in [0.1, 0.15) is 17.5 Å². The lowest BCUT2D eigenvalue weighted by atomic mass is 9.93. The molecule has 174 valence electrons. The van der Waals surface area contributed by atoms with E-state index in [4.69, 9.17) is 4.74 Å². The van der Waals surface area contributed by atoms with Crippen molar-refractivity contribution < 1.29 is 24.2 Å². The van der Waals surface area contributed by atoms with E-state index in [0.717, 1.165) is 11.1 Å². The van der Waals surface area contributed by atoms with Crippen LogP contribution in [0.1, 0.15) is 33.8 Å². The molecule has 0 bridgehead atoms. The molecule has 1 aliphatic rings. The quantitative estimate of drug-likeness (QED) is 0.558. The van der Waals surface area contributed by atoms with Crippen LogP contribution in [0.4, 0.5) is 0 Å². The molecule has 7 nitrogen and oxygen atoms in total. The van der Waals surface area contributed by atoms with Gasteiger partial charge >= 0.3 is 5.97 Å². The van der Waals surface area contributed by atoms with E-state index >= 15 is 0 Å². The number of carboxylic acids is 1. The van der Waals surface area contributed by atoms with E-state index in [1.54, 1.807) is 24.3 Å². The zero-order chi connectivity index (χ0) is 24.1. The summed E-state index contributed by atoms with van der Waals surface area (Å²) in [5, 5.41) is 12.3. The summed E-state index contributed by atoms with van der Waals surface area (Å²) in [7, 11) is 0. The number of carbonyl (C=O) groups excluding carboxylic acids is 2. The highest BCUT2D eigenvalue weighted by atomic mass is 16.5. The third-order valence-electron chi connectivity index (χ3n) is 6.03. The number of hydrogen-bond acceptors (Lipinski definition) is 4. The number of nitrogens with zero attached hydrogens (tertiary/aromatic N) is 1. The maximum atomic E-state index is 12.8. The lowest BCUT2D eigenvalue weighted by Gasteiger charge is -2.21. The van der Waals surface area contributed by atoms with Gasteiger partial charge in [-0.15, -0.1) is 0 Å². The van der Waals surface area contributed by atoms with Gasteiger partial charge in [0.25, 0.3) is 5.91 Å². The van der Waals surface area contributed by atoms with E-state index in [9.17, 15) is 19.5 Å². The first-order valence-corrected chi connectivity index (χ1v) is 11.1. The van der Waals surface area contributed by atoms with E-state index in [2.05, 4.69) is 5.32 Å². The summed E-state index contributed by atoms with van der Waals surface area (Å²) >= 11 is 0. The topological polar surface area (TPSA) is 95.9 Å². The fraction of sp³-hybridized carbons (Fsp3) is 0.222. The first-order valence-electron chi connectivity index (χ1n) is 11.1. The van der Waals surface area contributed by atoms with Gasteiger partial charge in [0, 0.05) is 18.0 Å². The summed E-state index contributed by atoms with van der Waals surface area (Å²) < 4.78 is 5.72. The second-order valence-corrected chi connectivity index (χ2v) is 8.31. The number of rotatable bonds is 7. The Kier molecular flexibility index (Phi) is 6.92. The van der Waals surface area contributed by atoms with Crippen LogP contribution in [0.2, 0.25) is 0 Å². The van der Waals surface area contributed by atoms with Crippen LogP contribution in [-0.2, 0) is 9.59 Å². The third kappa shape index (κ3) is 5.26. The molecule has 2 atom stereocenters. The predicted octanol–water partition coefficient (Wildman–Crippen LogP) is 3.99. The Morgan fingerprint density at radius 1 is 0.941 bits per heavy atom. The van der Waals surface area contributed by atoms with E-state index in [0.29, 0.717) is 30.0 Å². The molecule has 1 heterocycles. The molecule has 1 saturated heterocycles. The zero-order valence-corrected chi connectivity index (χ0v) is 18.8. The number of carboxylic acid groups (broad SMARTS) is 1. The van der Waals surface area contributed by atoms with Crippen LogP contribution < -0.4 is 10.1 Å². The average Bonchev–Trinajstić information content (AvgIpc) is 3.29. The number of likely N-dealkylation sites (tertiary alicyclic amines) is 1. The highest BCUT2D eigenvalue weighted by molar-refractivity contribution is 5.97. The molecule has 2 N–H and O–H groups in total. The van der Waals surface area contributed by atoms with Gasteiger partial charge in [-0.2, -0.15) is 0 Å². The maximum Gasteiger partial charge on any atom is 0.326 e. The molecule has 4 rings (SSSR count). The Morgan fingerprint density at radius 2 is 1.59 bits per heavy atom. The Balaban J connectivity index is 1.36. The summed E-state index contributed by atoms with van der Waals surface area (Å²) in [6.07, 6.45) is 0.350. The van der Waals surface area contributed by atoms with Crippen molar-refractivity contribution in [3.63, 3.8) is 0 Å². The smallest absolute Gasteiger partial charge is 0.326 e. The molecule has 3 aromatic rings. The second kappa shape index (κ2) is 10.2. The van der Waals surface area contributed by atoms with Crippen molar-refractivity contribution in [2.75, 3.05) is 13.1 Å². The van der Waals surface area contributed by atoms with Crippen molar-refractivity contribution in [1.82, 2.24) is 10.2 Å². The van der Waals surface area contributed by atoms with Crippen LogP contribution in [0.15, 0.2) is 78.9 Å². The average molecular weight is 459 g/mol. The third-order valence-corrected chi connectivity index (χ3v) is 6.03. The van der Waals surface area contributed by atoms with E-state index in [1.807, 2.05) is 61.5 Å². The van der Waals surface area contributed by atoms with Crippen molar-refractivity contribution in [1.29, 1.82) is 0 Å². The molecule has 34 heavy (non-hydrogen) atoms. The normalized spacial score (nSPS) is 17.3. The van der Waals surface area contributed by atoms with Gasteiger partial charge in [-0.1, -0.05) is 42.5 Å². The molecule has 0 aromatic heterocycles. The number of nitrogens with one attached hydrogen (secondary N) is 1. The summed E-state index contributed by atoms with van der Waals surface area (Å²) in [6.45, 7) is 2.01. The minimum atomic E-state index is -1.04. The van der Waals surface area contributed by atoms with E-state index < -0.39 is 23.8 Å². The number of hydrogen-bond donors (Lipinski definition) is 2. The van der Waals surface area contributed by atoms with Gasteiger partial charge < -0.3 is 20.1 Å². The summed E-state index contributed by atoms with van der Waals surface area (Å²) in [5.74, 6) is -0.652. The number of ether oxygens (including phenoxy) is 1. The summed E-state index contributed by atoms with van der Waals surface area (Å²) in [6, 6.07) is 22.8. The fourth-order valence-corrected chi connectivity index (χ4v) is 4.27. The maximum absolute atomic E-state index is 12.8. The SMILES string of the molecule is Cc1ccccc1C1C[C@@H](C(=O)O)N(C(=O)CNC(=O)c2ccc(Oc3ccccc3)cc2)C1. The number of carbonyl (C=O) groups is 3. The van der Waals surface area contributed by atoms with Crippen LogP contribution in [-0.4, -0.2) is 46.9 Å². The van der Waals surface area contributed by atoms with Crippen molar-refractivity contribution in [2.24, 2.45) is 0 Å². The van der Waals surface area contributed by atoms with Crippen molar-refractivity contribution in [2.45, 2.75) is 25.3 Å². The number of aliphatic carboxylic acids is 1. The minimum Gasteiger partial charge on any atom is -0.480 e. The molecule has 1 unspecified atom stereocenters. The van der Waals surface area contributed by atoms with Gasteiger partial charge in [-0.25, -0.2) is 4.79 Å². The predicted molar refractivity (Wildman–Crippen MR) is 127 cm³/mol. The number of para-hydroxylation sites is 1. The standard InChI is InChI=1S/C27H26N2O5/c1-18-7-5-6-10-23(18)20-15-24(27(32)33)29(17-20)25(30)16-28-26(31)19-11-13-22(14-12-19)34-21-8-3-2-4-9-21/h2-14,20,24H,15-17H2,1H3,(H,28,31)(H,32,33)/t20?,24-/m0/s1. The first-order chi connectivity index (χ1) is 16.4. The fourth-order valence-electron chi connectivity index (χ4n) is 4.27. The van der Waals surface area contributed by atoms with Crippen molar-refractivity contribution in [3.8, 4) is 11.5 Å². The molecule has 1 aliphatic heterocycles. The molecule has 3 aromatic carbocycles. The van der Waals surface area contributed by atoms with Crippen molar-refractivity contribution in [3.05, 3.63) is 95.6 Å². The van der Waals surface area contributed by atoms with E-state index in [1.165, 1.54) is 4.90 Å². The van der Waals surface area contributed by atoms with E-state index in [-0.39, 0.29) is 12.5 Å². The molecule has 0 aliphatic carbocycles. The van der Waals surface area contributed by atoms with Crippen LogP contribution in [0.25, 0.3) is 0 Å². The number of aryl methyl sites for hydroxylation is 1. The molecule has 7 heteroatoms. The van der Waals surface area contributed by atoms with Gasteiger partial charge in [-0.3, -0.25) is 9.59 Å². The second-order valence-electron chi connectivity index (χ2n) is 8.31. The molecule has 0 saturated carbocycles. The zero-order valence-electron chi connectivity index (χ0n) is 18.8. The first kappa shape index (κ1) is 23.0. The summed E-state index contributed by atoms with van der Waals surface area (Å²) in [4.78, 5) is 38.5. The number of amides is 2. The largest absolute Gasteiger partial charge is 0.480 e. The molecule has 0 radical (unpaired) electrons. The molecule has 0 spiro atoms. The molecular weight excluding hydrogens is 432 g/mol. The molecule has 2 amide bonds. The van der Waals surface area contributed by atoms with Gasteiger partial charge in [0.05, 0.1) is 6.54 Å². The Morgan fingerprint density at radius 3 is 2.26 bits per heavy atom. The lowest BCUT2D eigenvalue weighted by molar-refractivity contribution is -0.147.